The topological polar surface area (TPSA) is 79.2 Å². The lowest BCUT2D eigenvalue weighted by Gasteiger charge is -2.11. The van der Waals surface area contributed by atoms with Gasteiger partial charge in [0.2, 0.25) is 0 Å². The lowest BCUT2D eigenvalue weighted by Crippen LogP contribution is -2.13. The van der Waals surface area contributed by atoms with Crippen molar-refractivity contribution >= 4 is 27.3 Å². The third-order valence-electron chi connectivity index (χ3n) is 2.72. The second-order valence-corrected chi connectivity index (χ2v) is 6.15. The molecule has 0 heterocycles. The number of nitrogens with zero attached hydrogens (tertiary/aromatic N) is 1. The summed E-state index contributed by atoms with van der Waals surface area (Å²) in [6, 6.07) is 12.4. The highest BCUT2D eigenvalue weighted by Gasteiger charge is 2.17. The fraction of sp³-hybridized carbons (Fsp3) is 0.0714. The molecule has 0 fully saturated rings. The Kier molecular flexibility index (Phi) is 4.36. The van der Waals surface area contributed by atoms with Gasteiger partial charge in [0.05, 0.1) is 28.3 Å². The van der Waals surface area contributed by atoms with E-state index in [2.05, 4.69) is 4.72 Å². The van der Waals surface area contributed by atoms with Gasteiger partial charge in [0, 0.05) is 0 Å². The molecule has 0 amide bonds. The lowest BCUT2D eigenvalue weighted by molar-refractivity contribution is 0.417. The van der Waals surface area contributed by atoms with Crippen LogP contribution in [0.4, 0.5) is 5.69 Å². The van der Waals surface area contributed by atoms with Crippen LogP contribution in [0.25, 0.3) is 0 Å². The average molecular weight is 323 g/mol. The molecule has 21 heavy (non-hydrogen) atoms. The van der Waals surface area contributed by atoms with E-state index in [0.717, 1.165) is 0 Å². The first-order valence-electron chi connectivity index (χ1n) is 5.83. The standard InChI is InChI=1S/C14H11ClN2O3S/c1-20-14-5-3-2-4-13(14)17-21(18,19)11-7-6-10(9-16)12(15)8-11/h2-8,17H,1H3. The molecule has 0 radical (unpaired) electrons. The van der Waals surface area contributed by atoms with E-state index in [1.54, 1.807) is 24.3 Å². The van der Waals surface area contributed by atoms with Gasteiger partial charge in [-0.3, -0.25) is 4.72 Å². The second kappa shape index (κ2) is 6.04. The van der Waals surface area contributed by atoms with Gasteiger partial charge in [0.1, 0.15) is 11.8 Å². The van der Waals surface area contributed by atoms with Crippen molar-refractivity contribution in [2.75, 3.05) is 11.8 Å². The summed E-state index contributed by atoms with van der Waals surface area (Å²) in [7, 11) is -2.37. The number of hydrogen-bond donors (Lipinski definition) is 1. The number of halogens is 1. The molecule has 2 aromatic carbocycles. The van der Waals surface area contributed by atoms with E-state index >= 15 is 0 Å². The van der Waals surface area contributed by atoms with E-state index < -0.39 is 10.0 Å². The van der Waals surface area contributed by atoms with E-state index in [1.165, 1.54) is 25.3 Å². The molecule has 0 atom stereocenters. The van der Waals surface area contributed by atoms with E-state index in [-0.39, 0.29) is 15.5 Å². The first-order chi connectivity index (χ1) is 9.97. The van der Waals surface area contributed by atoms with Crippen LogP contribution in [0.5, 0.6) is 5.75 Å². The Morgan fingerprint density at radius 3 is 2.57 bits per heavy atom. The Labute approximate surface area is 127 Å². The van der Waals surface area contributed by atoms with Gasteiger partial charge < -0.3 is 4.74 Å². The molecule has 0 spiro atoms. The van der Waals surface area contributed by atoms with Gasteiger partial charge in [-0.2, -0.15) is 5.26 Å². The fourth-order valence-corrected chi connectivity index (χ4v) is 3.07. The molecule has 5 nitrogen and oxygen atoms in total. The zero-order chi connectivity index (χ0) is 15.5. The molecule has 0 saturated heterocycles. The van der Waals surface area contributed by atoms with Crippen LogP contribution in [-0.2, 0) is 10.0 Å². The van der Waals surface area contributed by atoms with Crippen LogP contribution in [0.2, 0.25) is 5.02 Å². The lowest BCUT2D eigenvalue weighted by atomic mass is 10.2. The van der Waals surface area contributed by atoms with Gasteiger partial charge in [-0.1, -0.05) is 23.7 Å². The van der Waals surface area contributed by atoms with Gasteiger partial charge >= 0.3 is 0 Å². The molecule has 2 rings (SSSR count). The Balaban J connectivity index is 2.39. The van der Waals surface area contributed by atoms with Crippen LogP contribution in [0.3, 0.4) is 0 Å². The molecule has 0 unspecified atom stereocenters. The Morgan fingerprint density at radius 1 is 1.24 bits per heavy atom. The normalized spacial score (nSPS) is 10.7. The zero-order valence-electron chi connectivity index (χ0n) is 11.0. The van der Waals surface area contributed by atoms with Crippen LogP contribution >= 0.6 is 11.6 Å². The Morgan fingerprint density at radius 2 is 1.95 bits per heavy atom. The summed E-state index contributed by atoms with van der Waals surface area (Å²) in [6.07, 6.45) is 0. The van der Waals surface area contributed by atoms with Crippen molar-refractivity contribution in [3.63, 3.8) is 0 Å². The molecule has 0 aliphatic rings. The number of anilines is 1. The minimum Gasteiger partial charge on any atom is -0.495 e. The van der Waals surface area contributed by atoms with Crippen molar-refractivity contribution in [2.24, 2.45) is 0 Å². The molecule has 7 heteroatoms. The Bertz CT molecular complexity index is 813. The number of benzene rings is 2. The number of nitriles is 1. The predicted molar refractivity (Wildman–Crippen MR) is 80.0 cm³/mol. The minimum absolute atomic E-state index is 0.0302. The van der Waals surface area contributed by atoms with Crippen molar-refractivity contribution < 1.29 is 13.2 Å². The number of rotatable bonds is 4. The van der Waals surface area contributed by atoms with E-state index in [9.17, 15) is 8.42 Å². The summed E-state index contributed by atoms with van der Waals surface area (Å²) in [5.74, 6) is 0.404. The van der Waals surface area contributed by atoms with Gasteiger partial charge in [-0.25, -0.2) is 8.42 Å². The molecule has 0 bridgehead atoms. The van der Waals surface area contributed by atoms with E-state index in [0.29, 0.717) is 11.4 Å². The summed E-state index contributed by atoms with van der Waals surface area (Å²) in [6.45, 7) is 0. The van der Waals surface area contributed by atoms with Gasteiger partial charge in [-0.05, 0) is 30.3 Å². The van der Waals surface area contributed by atoms with Crippen molar-refractivity contribution in [2.45, 2.75) is 4.90 Å². The fourth-order valence-electron chi connectivity index (χ4n) is 1.69. The van der Waals surface area contributed by atoms with Crippen LogP contribution in [-0.4, -0.2) is 15.5 Å². The predicted octanol–water partition coefficient (Wildman–Crippen LogP) is 3.02. The van der Waals surface area contributed by atoms with Gasteiger partial charge in [0.25, 0.3) is 10.0 Å². The summed E-state index contributed by atoms with van der Waals surface area (Å²) < 4.78 is 32.1. The van der Waals surface area contributed by atoms with Crippen LogP contribution in [0.15, 0.2) is 47.4 Å². The maximum atomic E-state index is 12.3. The van der Waals surface area contributed by atoms with Crippen LogP contribution in [0.1, 0.15) is 5.56 Å². The van der Waals surface area contributed by atoms with Crippen molar-refractivity contribution in [3.8, 4) is 11.8 Å². The van der Waals surface area contributed by atoms with Crippen molar-refractivity contribution in [1.82, 2.24) is 0 Å². The van der Waals surface area contributed by atoms with Crippen LogP contribution < -0.4 is 9.46 Å². The first kappa shape index (κ1) is 15.2. The smallest absolute Gasteiger partial charge is 0.262 e. The van der Waals surface area contributed by atoms with Crippen molar-refractivity contribution in [1.29, 1.82) is 5.26 Å². The third kappa shape index (κ3) is 3.27. The van der Waals surface area contributed by atoms with Crippen molar-refractivity contribution in [3.05, 3.63) is 53.1 Å². The maximum Gasteiger partial charge on any atom is 0.262 e. The second-order valence-electron chi connectivity index (χ2n) is 4.06. The van der Waals surface area contributed by atoms with Gasteiger partial charge in [0.15, 0.2) is 0 Å². The number of hydrogen-bond acceptors (Lipinski definition) is 4. The molecular weight excluding hydrogens is 312 g/mol. The maximum absolute atomic E-state index is 12.3. The number of sulfonamides is 1. The Hall–Kier alpha value is -2.23. The molecular formula is C14H11ClN2O3S. The van der Waals surface area contributed by atoms with Gasteiger partial charge in [-0.15, -0.1) is 0 Å². The molecule has 2 aromatic rings. The summed E-state index contributed by atoms with van der Waals surface area (Å²) in [5.41, 5.74) is 0.536. The molecule has 0 aliphatic carbocycles. The highest BCUT2D eigenvalue weighted by molar-refractivity contribution is 7.92. The van der Waals surface area contributed by atoms with E-state index in [1.807, 2.05) is 6.07 Å². The number of methoxy groups -OCH3 is 1. The SMILES string of the molecule is COc1ccccc1NS(=O)(=O)c1ccc(C#N)c(Cl)c1. The first-order valence-corrected chi connectivity index (χ1v) is 7.69. The third-order valence-corrected chi connectivity index (χ3v) is 4.40. The summed E-state index contributed by atoms with van der Waals surface area (Å²) in [5, 5.41) is 8.88. The molecule has 0 saturated carbocycles. The highest BCUT2D eigenvalue weighted by Crippen LogP contribution is 2.27. The minimum atomic E-state index is -3.82. The highest BCUT2D eigenvalue weighted by atomic mass is 35.5. The molecule has 0 aliphatic heterocycles. The van der Waals surface area contributed by atoms with Crippen LogP contribution in [0, 0.1) is 11.3 Å². The monoisotopic (exact) mass is 322 g/mol. The summed E-state index contributed by atoms with van der Waals surface area (Å²) >= 11 is 5.86. The molecule has 1 N–H and O–H groups in total. The molecule has 0 aromatic heterocycles. The number of para-hydroxylation sites is 2. The average Bonchev–Trinajstić information content (AvgIpc) is 2.47. The largest absolute Gasteiger partial charge is 0.495 e. The van der Waals surface area contributed by atoms with E-state index in [4.69, 9.17) is 21.6 Å². The number of ether oxygens (including phenoxy) is 1. The number of nitrogens with one attached hydrogen (secondary N) is 1. The zero-order valence-corrected chi connectivity index (χ0v) is 12.6. The summed E-state index contributed by atoms with van der Waals surface area (Å²) in [4.78, 5) is -0.0302. The molecule has 108 valence electrons. The quantitative estimate of drug-likeness (QED) is 0.938.